The van der Waals surface area contributed by atoms with Crippen LogP contribution in [0.2, 0.25) is 0 Å². The predicted octanol–water partition coefficient (Wildman–Crippen LogP) is 6.12. The molecule has 0 aliphatic carbocycles. The minimum absolute atomic E-state index is 0.201. The minimum Gasteiger partial charge on any atom is -0.478 e. The third kappa shape index (κ3) is 14.9. The van der Waals surface area contributed by atoms with Gasteiger partial charge in [-0.1, -0.05) is 97.8 Å². The van der Waals surface area contributed by atoms with Crippen LogP contribution in [-0.4, -0.2) is 23.1 Å². The average Bonchev–Trinajstić information content (AvgIpc) is 2.56. The van der Waals surface area contributed by atoms with Crippen molar-refractivity contribution >= 4 is 11.9 Å². The van der Waals surface area contributed by atoms with E-state index in [9.17, 15) is 9.59 Å². The van der Waals surface area contributed by atoms with Gasteiger partial charge in [-0.3, -0.25) is 4.79 Å². The van der Waals surface area contributed by atoms with Crippen molar-refractivity contribution in [3.8, 4) is 0 Å². The number of esters is 1. The molecule has 1 N–H and O–H groups in total. The lowest BCUT2D eigenvalue weighted by atomic mass is 10.0. The molecule has 0 saturated carbocycles. The molecule has 1 atom stereocenters. The number of unbranched alkanes of at least 4 members (excludes halogenated alkanes) is 12. The third-order valence-electron chi connectivity index (χ3n) is 4.59. The van der Waals surface area contributed by atoms with Crippen LogP contribution < -0.4 is 0 Å². The Labute approximate surface area is 154 Å². The number of rotatable bonds is 17. The Hall–Kier alpha value is -1.06. The standard InChI is InChI=1S/C21H40O4/c1-4-5-6-7-8-9-10-11-12-13-14-15-16-17-19(22)25-20(18(2)3)21(23)24/h18,20H,4-17H2,1-3H3,(H,23,24). The first kappa shape index (κ1) is 23.9. The van der Waals surface area contributed by atoms with Gasteiger partial charge in [-0.15, -0.1) is 0 Å². The second kappa shape index (κ2) is 16.4. The molecule has 25 heavy (non-hydrogen) atoms. The monoisotopic (exact) mass is 356 g/mol. The van der Waals surface area contributed by atoms with Gasteiger partial charge >= 0.3 is 11.9 Å². The molecule has 0 radical (unpaired) electrons. The fourth-order valence-corrected chi connectivity index (χ4v) is 2.96. The van der Waals surface area contributed by atoms with Crippen LogP contribution in [0, 0.1) is 5.92 Å². The van der Waals surface area contributed by atoms with Gasteiger partial charge in [0.15, 0.2) is 0 Å². The first-order valence-electron chi connectivity index (χ1n) is 10.4. The summed E-state index contributed by atoms with van der Waals surface area (Å²) in [6, 6.07) is 0. The average molecular weight is 357 g/mol. The molecule has 0 bridgehead atoms. The number of ether oxygens (including phenoxy) is 1. The summed E-state index contributed by atoms with van der Waals surface area (Å²) in [6.07, 6.45) is 15.7. The Bertz CT molecular complexity index is 339. The van der Waals surface area contributed by atoms with E-state index in [1.54, 1.807) is 13.8 Å². The zero-order valence-corrected chi connectivity index (χ0v) is 16.7. The second-order valence-electron chi connectivity index (χ2n) is 7.49. The highest BCUT2D eigenvalue weighted by molar-refractivity contribution is 5.78. The third-order valence-corrected chi connectivity index (χ3v) is 4.59. The van der Waals surface area contributed by atoms with Crippen LogP contribution in [0.15, 0.2) is 0 Å². The topological polar surface area (TPSA) is 63.6 Å². The van der Waals surface area contributed by atoms with Crippen molar-refractivity contribution in [1.82, 2.24) is 0 Å². The van der Waals surface area contributed by atoms with E-state index in [1.165, 1.54) is 64.2 Å². The summed E-state index contributed by atoms with van der Waals surface area (Å²) in [5, 5.41) is 9.00. The van der Waals surface area contributed by atoms with Gasteiger partial charge in [-0.2, -0.15) is 0 Å². The molecule has 0 aromatic heterocycles. The lowest BCUT2D eigenvalue weighted by molar-refractivity contribution is -0.167. The Kier molecular flexibility index (Phi) is 15.7. The van der Waals surface area contributed by atoms with Gasteiger partial charge in [0.25, 0.3) is 0 Å². The molecule has 0 aliphatic rings. The highest BCUT2D eigenvalue weighted by Crippen LogP contribution is 2.14. The van der Waals surface area contributed by atoms with E-state index in [4.69, 9.17) is 9.84 Å². The fraction of sp³-hybridized carbons (Fsp3) is 0.905. The quantitative estimate of drug-likeness (QED) is 0.252. The molecule has 0 heterocycles. The molecule has 4 nitrogen and oxygen atoms in total. The lowest BCUT2D eigenvalue weighted by Gasteiger charge is -2.16. The summed E-state index contributed by atoms with van der Waals surface area (Å²) in [4.78, 5) is 22.7. The van der Waals surface area contributed by atoms with Crippen LogP contribution in [0.5, 0.6) is 0 Å². The molecule has 148 valence electrons. The van der Waals surface area contributed by atoms with Gasteiger partial charge < -0.3 is 9.84 Å². The number of carbonyl (C=O) groups excluding carboxylic acids is 1. The molecule has 0 aromatic carbocycles. The van der Waals surface area contributed by atoms with Crippen LogP contribution in [-0.2, 0) is 14.3 Å². The van der Waals surface area contributed by atoms with E-state index in [0.29, 0.717) is 6.42 Å². The van der Waals surface area contributed by atoms with Crippen molar-refractivity contribution in [2.45, 2.75) is 117 Å². The highest BCUT2D eigenvalue weighted by Gasteiger charge is 2.25. The fourth-order valence-electron chi connectivity index (χ4n) is 2.96. The normalized spacial score (nSPS) is 12.3. The largest absolute Gasteiger partial charge is 0.478 e. The maximum absolute atomic E-state index is 11.7. The van der Waals surface area contributed by atoms with Crippen molar-refractivity contribution in [3.63, 3.8) is 0 Å². The van der Waals surface area contributed by atoms with Crippen molar-refractivity contribution in [3.05, 3.63) is 0 Å². The van der Waals surface area contributed by atoms with Gasteiger partial charge in [0.05, 0.1) is 0 Å². The van der Waals surface area contributed by atoms with E-state index in [0.717, 1.165) is 19.3 Å². The number of carboxylic acids is 1. The molecule has 0 aromatic rings. The molecule has 1 unspecified atom stereocenters. The Morgan fingerprint density at radius 1 is 0.760 bits per heavy atom. The van der Waals surface area contributed by atoms with E-state index < -0.39 is 12.1 Å². The SMILES string of the molecule is CCCCCCCCCCCCCCCC(=O)OC(C(=O)O)C(C)C. The van der Waals surface area contributed by atoms with Crippen molar-refractivity contribution in [2.75, 3.05) is 0 Å². The number of hydrogen-bond donors (Lipinski definition) is 1. The van der Waals surface area contributed by atoms with Crippen LogP contribution in [0.25, 0.3) is 0 Å². The van der Waals surface area contributed by atoms with Gasteiger partial charge in [0.2, 0.25) is 6.10 Å². The molecular weight excluding hydrogens is 316 g/mol. The van der Waals surface area contributed by atoms with Gasteiger partial charge in [-0.25, -0.2) is 4.79 Å². The van der Waals surface area contributed by atoms with Crippen LogP contribution in [0.1, 0.15) is 111 Å². The van der Waals surface area contributed by atoms with Gasteiger partial charge in [-0.05, 0) is 6.42 Å². The first-order valence-corrected chi connectivity index (χ1v) is 10.4. The Morgan fingerprint density at radius 2 is 1.16 bits per heavy atom. The first-order chi connectivity index (χ1) is 12.0. The predicted molar refractivity (Wildman–Crippen MR) is 103 cm³/mol. The zero-order chi connectivity index (χ0) is 18.9. The van der Waals surface area contributed by atoms with E-state index >= 15 is 0 Å². The van der Waals surface area contributed by atoms with Crippen LogP contribution in [0.4, 0.5) is 0 Å². The molecule has 0 amide bonds. The minimum atomic E-state index is -1.06. The smallest absolute Gasteiger partial charge is 0.345 e. The van der Waals surface area contributed by atoms with Crippen molar-refractivity contribution in [1.29, 1.82) is 0 Å². The van der Waals surface area contributed by atoms with E-state index in [1.807, 2.05) is 0 Å². The highest BCUT2D eigenvalue weighted by atomic mass is 16.6. The summed E-state index contributed by atoms with van der Waals surface area (Å²) in [7, 11) is 0. The number of aliphatic carboxylic acids is 1. The molecular formula is C21H40O4. The number of carbonyl (C=O) groups is 2. The summed E-state index contributed by atoms with van der Waals surface area (Å²) in [6.45, 7) is 5.75. The summed E-state index contributed by atoms with van der Waals surface area (Å²) < 4.78 is 5.04. The maximum atomic E-state index is 11.7. The van der Waals surface area contributed by atoms with E-state index in [-0.39, 0.29) is 11.9 Å². The summed E-state index contributed by atoms with van der Waals surface area (Å²) in [5.41, 5.74) is 0. The maximum Gasteiger partial charge on any atom is 0.345 e. The summed E-state index contributed by atoms with van der Waals surface area (Å²) >= 11 is 0. The zero-order valence-electron chi connectivity index (χ0n) is 16.7. The van der Waals surface area contributed by atoms with Gasteiger partial charge in [0, 0.05) is 12.3 Å². The Morgan fingerprint density at radius 3 is 1.52 bits per heavy atom. The number of carboxylic acid groups (broad SMARTS) is 1. The molecule has 0 fully saturated rings. The second-order valence-corrected chi connectivity index (χ2v) is 7.49. The van der Waals surface area contributed by atoms with Crippen molar-refractivity contribution in [2.24, 2.45) is 5.92 Å². The summed E-state index contributed by atoms with van der Waals surface area (Å²) in [5.74, 6) is -1.65. The number of hydrogen-bond acceptors (Lipinski definition) is 3. The van der Waals surface area contributed by atoms with Gasteiger partial charge in [0.1, 0.15) is 0 Å². The Balaban J connectivity index is 3.40. The van der Waals surface area contributed by atoms with Crippen LogP contribution >= 0.6 is 0 Å². The van der Waals surface area contributed by atoms with Crippen molar-refractivity contribution < 1.29 is 19.4 Å². The molecule has 0 aliphatic heterocycles. The molecule has 0 saturated heterocycles. The molecule has 4 heteroatoms. The lowest BCUT2D eigenvalue weighted by Crippen LogP contribution is -2.31. The van der Waals surface area contributed by atoms with E-state index in [2.05, 4.69) is 6.92 Å². The van der Waals surface area contributed by atoms with Crippen LogP contribution in [0.3, 0.4) is 0 Å². The molecule has 0 spiro atoms. The molecule has 0 rings (SSSR count).